The summed E-state index contributed by atoms with van der Waals surface area (Å²) < 4.78 is 0. The van der Waals surface area contributed by atoms with Gasteiger partial charge in [0.25, 0.3) is 0 Å². The summed E-state index contributed by atoms with van der Waals surface area (Å²) in [6.45, 7) is 5.61. The van der Waals surface area contributed by atoms with Crippen molar-refractivity contribution in [3.8, 4) is 0 Å². The summed E-state index contributed by atoms with van der Waals surface area (Å²) in [6.07, 6.45) is 6.97. The summed E-state index contributed by atoms with van der Waals surface area (Å²) in [5, 5.41) is 3.72. The first-order valence-corrected chi connectivity index (χ1v) is 8.25. The van der Waals surface area contributed by atoms with Gasteiger partial charge in [-0.05, 0) is 37.9 Å². The lowest BCUT2D eigenvalue weighted by Gasteiger charge is -2.30. The van der Waals surface area contributed by atoms with E-state index in [9.17, 15) is 0 Å². The zero-order valence-corrected chi connectivity index (χ0v) is 13.1. The van der Waals surface area contributed by atoms with E-state index in [2.05, 4.69) is 54.5 Å². The van der Waals surface area contributed by atoms with Crippen molar-refractivity contribution in [2.75, 3.05) is 20.1 Å². The van der Waals surface area contributed by atoms with E-state index in [0.29, 0.717) is 0 Å². The van der Waals surface area contributed by atoms with Gasteiger partial charge in [0.15, 0.2) is 0 Å². The van der Waals surface area contributed by atoms with Crippen molar-refractivity contribution in [1.82, 2.24) is 10.2 Å². The fourth-order valence-electron chi connectivity index (χ4n) is 3.49. The lowest BCUT2D eigenvalue weighted by molar-refractivity contribution is 0.220. The first-order valence-electron chi connectivity index (χ1n) is 8.25. The van der Waals surface area contributed by atoms with Crippen LogP contribution in [0.3, 0.4) is 0 Å². The maximum Gasteiger partial charge on any atom is 0.0230 e. The van der Waals surface area contributed by atoms with Crippen molar-refractivity contribution in [2.45, 2.75) is 51.6 Å². The minimum absolute atomic E-state index is 0.723. The molecule has 20 heavy (non-hydrogen) atoms. The van der Waals surface area contributed by atoms with Gasteiger partial charge < -0.3 is 10.2 Å². The normalized spacial score (nSPS) is 23.8. The van der Waals surface area contributed by atoms with Crippen molar-refractivity contribution >= 4 is 0 Å². The van der Waals surface area contributed by atoms with Crippen molar-refractivity contribution in [3.05, 3.63) is 35.9 Å². The van der Waals surface area contributed by atoms with Crippen LogP contribution in [0, 0.1) is 5.92 Å². The molecular weight excluding hydrogens is 244 g/mol. The van der Waals surface area contributed by atoms with Gasteiger partial charge in [-0.15, -0.1) is 0 Å². The van der Waals surface area contributed by atoms with Gasteiger partial charge in [0.1, 0.15) is 0 Å². The van der Waals surface area contributed by atoms with Crippen molar-refractivity contribution < 1.29 is 0 Å². The number of hydrogen-bond donors (Lipinski definition) is 1. The molecule has 0 amide bonds. The van der Waals surface area contributed by atoms with Crippen molar-refractivity contribution in [1.29, 1.82) is 0 Å². The predicted octanol–water partition coefficient (Wildman–Crippen LogP) is 3.68. The molecule has 1 aromatic rings. The summed E-state index contributed by atoms with van der Waals surface area (Å²) >= 11 is 0. The molecule has 0 spiro atoms. The monoisotopic (exact) mass is 274 g/mol. The zero-order chi connectivity index (χ0) is 14.2. The van der Waals surface area contributed by atoms with Crippen LogP contribution in [0.4, 0.5) is 0 Å². The highest BCUT2D eigenvalue weighted by molar-refractivity contribution is 5.14. The Morgan fingerprint density at radius 2 is 1.85 bits per heavy atom. The summed E-state index contributed by atoms with van der Waals surface area (Å²) in [5.74, 6) is 0.811. The molecule has 112 valence electrons. The second-order valence-electron chi connectivity index (χ2n) is 6.24. The van der Waals surface area contributed by atoms with Crippen LogP contribution < -0.4 is 5.32 Å². The van der Waals surface area contributed by atoms with E-state index in [-0.39, 0.29) is 0 Å². The fourth-order valence-corrected chi connectivity index (χ4v) is 3.49. The summed E-state index contributed by atoms with van der Waals surface area (Å²) in [5.41, 5.74) is 1.42. The maximum absolute atomic E-state index is 3.72. The molecular formula is C18H30N2. The highest BCUT2D eigenvalue weighted by Gasteiger charge is 2.23. The first-order chi connectivity index (χ1) is 9.79. The molecule has 0 saturated heterocycles. The van der Waals surface area contributed by atoms with Crippen LogP contribution >= 0.6 is 0 Å². The van der Waals surface area contributed by atoms with Gasteiger partial charge in [0.2, 0.25) is 0 Å². The minimum atomic E-state index is 0.723. The molecule has 0 aromatic heterocycles. The summed E-state index contributed by atoms with van der Waals surface area (Å²) in [6, 6.07) is 11.5. The van der Waals surface area contributed by atoms with E-state index < -0.39 is 0 Å². The molecule has 1 N–H and O–H groups in total. The predicted molar refractivity (Wildman–Crippen MR) is 86.8 cm³/mol. The van der Waals surface area contributed by atoms with E-state index in [0.717, 1.165) is 25.0 Å². The Kier molecular flexibility index (Phi) is 6.55. The van der Waals surface area contributed by atoms with Crippen LogP contribution in [-0.2, 0) is 6.54 Å². The van der Waals surface area contributed by atoms with Gasteiger partial charge in [-0.2, -0.15) is 0 Å². The van der Waals surface area contributed by atoms with Crippen LogP contribution in [0.2, 0.25) is 0 Å². The topological polar surface area (TPSA) is 15.3 Å². The van der Waals surface area contributed by atoms with Gasteiger partial charge in [-0.3, -0.25) is 0 Å². The molecule has 2 atom stereocenters. The van der Waals surface area contributed by atoms with Gasteiger partial charge in [-0.1, -0.05) is 56.5 Å². The van der Waals surface area contributed by atoms with Crippen molar-refractivity contribution in [2.24, 2.45) is 5.92 Å². The van der Waals surface area contributed by atoms with Gasteiger partial charge in [0, 0.05) is 19.1 Å². The third-order valence-electron chi connectivity index (χ3n) is 4.47. The Morgan fingerprint density at radius 1 is 1.10 bits per heavy atom. The molecule has 2 rings (SSSR count). The van der Waals surface area contributed by atoms with Crippen LogP contribution in [0.5, 0.6) is 0 Å². The highest BCUT2D eigenvalue weighted by Crippen LogP contribution is 2.24. The maximum atomic E-state index is 3.72. The average Bonchev–Trinajstić information content (AvgIpc) is 2.66. The fraction of sp³-hybridized carbons (Fsp3) is 0.667. The number of benzene rings is 1. The van der Waals surface area contributed by atoms with E-state index in [1.165, 1.54) is 44.2 Å². The Bertz CT molecular complexity index is 363. The molecule has 2 unspecified atom stereocenters. The summed E-state index contributed by atoms with van der Waals surface area (Å²) in [7, 11) is 2.26. The van der Waals surface area contributed by atoms with E-state index in [4.69, 9.17) is 0 Å². The standard InChI is InChI=1S/C18H30N2/c1-3-19-18-13-9-5-8-12-17(18)15-20(2)14-16-10-6-4-7-11-16/h4,6-7,10-11,17-19H,3,5,8-9,12-15H2,1-2H3. The second kappa shape index (κ2) is 8.43. The first kappa shape index (κ1) is 15.5. The number of rotatable bonds is 6. The number of hydrogen-bond acceptors (Lipinski definition) is 2. The molecule has 2 nitrogen and oxygen atoms in total. The smallest absolute Gasteiger partial charge is 0.0230 e. The Morgan fingerprint density at radius 3 is 2.60 bits per heavy atom. The van der Waals surface area contributed by atoms with E-state index >= 15 is 0 Å². The van der Waals surface area contributed by atoms with E-state index in [1.54, 1.807) is 0 Å². The Labute approximate surface area is 124 Å². The van der Waals surface area contributed by atoms with Crippen LogP contribution in [0.25, 0.3) is 0 Å². The molecule has 0 aliphatic heterocycles. The lowest BCUT2D eigenvalue weighted by atomic mass is 9.94. The molecule has 1 fully saturated rings. The molecule has 1 aliphatic rings. The summed E-state index contributed by atoms with van der Waals surface area (Å²) in [4.78, 5) is 2.50. The third kappa shape index (κ3) is 4.92. The highest BCUT2D eigenvalue weighted by atomic mass is 15.1. The minimum Gasteiger partial charge on any atom is -0.314 e. The van der Waals surface area contributed by atoms with Crippen LogP contribution in [-0.4, -0.2) is 31.1 Å². The Hall–Kier alpha value is -0.860. The number of nitrogens with zero attached hydrogens (tertiary/aromatic N) is 1. The van der Waals surface area contributed by atoms with Gasteiger partial charge >= 0.3 is 0 Å². The SMILES string of the molecule is CCNC1CCCCCC1CN(C)Cc1ccccc1. The van der Waals surface area contributed by atoms with E-state index in [1.807, 2.05) is 0 Å². The molecule has 1 saturated carbocycles. The largest absolute Gasteiger partial charge is 0.314 e. The lowest BCUT2D eigenvalue weighted by Crippen LogP contribution is -2.40. The molecule has 0 bridgehead atoms. The van der Waals surface area contributed by atoms with Crippen LogP contribution in [0.15, 0.2) is 30.3 Å². The molecule has 2 heteroatoms. The average molecular weight is 274 g/mol. The quantitative estimate of drug-likeness (QED) is 0.796. The van der Waals surface area contributed by atoms with Gasteiger partial charge in [-0.25, -0.2) is 0 Å². The number of nitrogens with one attached hydrogen (secondary N) is 1. The second-order valence-corrected chi connectivity index (χ2v) is 6.24. The third-order valence-corrected chi connectivity index (χ3v) is 4.47. The zero-order valence-electron chi connectivity index (χ0n) is 13.1. The van der Waals surface area contributed by atoms with Crippen LogP contribution in [0.1, 0.15) is 44.6 Å². The van der Waals surface area contributed by atoms with Gasteiger partial charge in [0.05, 0.1) is 0 Å². The molecule has 1 aliphatic carbocycles. The Balaban J connectivity index is 1.88. The van der Waals surface area contributed by atoms with Crippen molar-refractivity contribution in [3.63, 3.8) is 0 Å². The molecule has 1 aromatic carbocycles. The molecule has 0 heterocycles. The molecule has 0 radical (unpaired) electrons.